The van der Waals surface area contributed by atoms with Gasteiger partial charge in [-0.25, -0.2) is 4.68 Å². The number of nitrogen functional groups attached to an aromatic ring is 1. The van der Waals surface area contributed by atoms with E-state index in [4.69, 9.17) is 11.5 Å². The van der Waals surface area contributed by atoms with E-state index in [0.717, 1.165) is 10.9 Å². The fraction of sp³-hybridized carbons (Fsp3) is 0.143. The minimum absolute atomic E-state index is 0.0498. The lowest BCUT2D eigenvalue weighted by molar-refractivity contribution is -0.138. The average Bonchev–Trinajstić information content (AvgIpc) is 2.81. The quantitative estimate of drug-likeness (QED) is 0.826. The molecule has 0 atom stereocenters. The molecule has 7 nitrogen and oxygen atoms in total. The van der Waals surface area contributed by atoms with E-state index in [-0.39, 0.29) is 27.8 Å². The number of alkyl halides is 3. The number of halogens is 3. The van der Waals surface area contributed by atoms with Crippen molar-refractivity contribution in [1.82, 2.24) is 20.0 Å². The topological polar surface area (TPSA) is 113 Å². The Bertz CT molecular complexity index is 603. The van der Waals surface area contributed by atoms with E-state index in [9.17, 15) is 18.0 Å². The number of nitrogens with two attached hydrogens (primary N) is 2. The summed E-state index contributed by atoms with van der Waals surface area (Å²) < 4.78 is 37.8. The SMILES string of the molecule is NC(=O)c1nn(-c2nnc(C(F)(F)F)s2)cc1N. The highest BCUT2D eigenvalue weighted by Crippen LogP contribution is 2.32. The monoisotopic (exact) mass is 278 g/mol. The maximum absolute atomic E-state index is 12.3. The van der Waals surface area contributed by atoms with Gasteiger partial charge in [-0.15, -0.1) is 10.2 Å². The Labute approximate surface area is 101 Å². The van der Waals surface area contributed by atoms with E-state index in [2.05, 4.69) is 15.3 Å². The number of hydrogen-bond acceptors (Lipinski definition) is 6. The number of primary amides is 1. The van der Waals surface area contributed by atoms with Gasteiger partial charge in [0.1, 0.15) is 0 Å². The van der Waals surface area contributed by atoms with Crippen LogP contribution in [0.5, 0.6) is 0 Å². The van der Waals surface area contributed by atoms with Crippen molar-refractivity contribution in [3.63, 3.8) is 0 Å². The molecule has 4 N–H and O–H groups in total. The number of carbonyl (C=O) groups excluding carboxylic acids is 1. The molecule has 0 fully saturated rings. The molecule has 2 heterocycles. The van der Waals surface area contributed by atoms with Gasteiger partial charge in [-0.1, -0.05) is 11.3 Å². The summed E-state index contributed by atoms with van der Waals surface area (Å²) in [7, 11) is 0. The van der Waals surface area contributed by atoms with E-state index in [1.807, 2.05) is 0 Å². The van der Waals surface area contributed by atoms with E-state index >= 15 is 0 Å². The van der Waals surface area contributed by atoms with E-state index < -0.39 is 17.1 Å². The molecule has 0 aliphatic rings. The van der Waals surface area contributed by atoms with Crippen LogP contribution < -0.4 is 11.5 Å². The second-order valence-electron chi connectivity index (χ2n) is 3.13. The molecule has 2 rings (SSSR count). The van der Waals surface area contributed by atoms with Crippen molar-refractivity contribution in [2.75, 3.05) is 5.73 Å². The molecule has 1 amide bonds. The summed E-state index contributed by atoms with van der Waals surface area (Å²) in [5, 5.41) is 8.63. The highest BCUT2D eigenvalue weighted by molar-refractivity contribution is 7.13. The number of carbonyl (C=O) groups is 1. The lowest BCUT2D eigenvalue weighted by Crippen LogP contribution is -2.13. The molecule has 0 saturated carbocycles. The van der Waals surface area contributed by atoms with Crippen molar-refractivity contribution in [2.24, 2.45) is 5.73 Å². The van der Waals surface area contributed by atoms with Gasteiger partial charge in [0.15, 0.2) is 5.69 Å². The zero-order valence-corrected chi connectivity index (χ0v) is 9.29. The van der Waals surface area contributed by atoms with Crippen LogP contribution in [-0.4, -0.2) is 25.9 Å². The number of hydrogen-bond donors (Lipinski definition) is 2. The number of aromatic nitrogens is 4. The highest BCUT2D eigenvalue weighted by atomic mass is 32.1. The summed E-state index contributed by atoms with van der Waals surface area (Å²) in [6, 6.07) is 0. The molecule has 0 bridgehead atoms. The van der Waals surface area contributed by atoms with Gasteiger partial charge in [-0.3, -0.25) is 4.79 Å². The van der Waals surface area contributed by atoms with Crippen LogP contribution in [-0.2, 0) is 6.18 Å². The number of anilines is 1. The maximum Gasteiger partial charge on any atom is 0.445 e. The molecule has 11 heteroatoms. The van der Waals surface area contributed by atoms with Gasteiger partial charge in [0, 0.05) is 0 Å². The molecule has 0 unspecified atom stereocenters. The third-order valence-electron chi connectivity index (χ3n) is 1.83. The standard InChI is InChI=1S/C7H5F3N6OS/c8-7(9,10)5-13-14-6(18-5)16-1-2(11)3(15-16)4(12)17/h1H,11H2,(H2,12,17). The lowest BCUT2D eigenvalue weighted by Gasteiger charge is -1.97. The summed E-state index contributed by atoms with van der Waals surface area (Å²) >= 11 is 0.272. The minimum Gasteiger partial charge on any atom is -0.396 e. The number of nitrogens with zero attached hydrogens (tertiary/aromatic N) is 4. The predicted octanol–water partition coefficient (Wildman–Crippen LogP) is 0.424. The van der Waals surface area contributed by atoms with Crippen molar-refractivity contribution in [3.8, 4) is 5.13 Å². The number of amides is 1. The Morgan fingerprint density at radius 3 is 2.50 bits per heavy atom. The average molecular weight is 278 g/mol. The van der Waals surface area contributed by atoms with Crippen molar-refractivity contribution >= 4 is 22.9 Å². The fourth-order valence-electron chi connectivity index (χ4n) is 1.10. The van der Waals surface area contributed by atoms with Crippen LogP contribution in [0.3, 0.4) is 0 Å². The highest BCUT2D eigenvalue weighted by Gasteiger charge is 2.36. The minimum atomic E-state index is -4.58. The molecular weight excluding hydrogens is 273 g/mol. The molecule has 0 saturated heterocycles. The zero-order valence-electron chi connectivity index (χ0n) is 8.47. The summed E-state index contributed by atoms with van der Waals surface area (Å²) in [5.41, 5.74) is 10.1. The Morgan fingerprint density at radius 2 is 2.06 bits per heavy atom. The molecule has 2 aromatic heterocycles. The molecule has 2 aromatic rings. The summed E-state index contributed by atoms with van der Waals surface area (Å²) in [6.07, 6.45) is -3.44. The van der Waals surface area contributed by atoms with Gasteiger partial charge in [-0.05, 0) is 0 Å². The second-order valence-corrected chi connectivity index (χ2v) is 4.09. The predicted molar refractivity (Wildman–Crippen MR) is 55.0 cm³/mol. The van der Waals surface area contributed by atoms with Crippen molar-refractivity contribution in [1.29, 1.82) is 0 Å². The van der Waals surface area contributed by atoms with E-state index in [1.54, 1.807) is 0 Å². The molecule has 0 aromatic carbocycles. The normalized spacial score (nSPS) is 11.7. The molecular formula is C7H5F3N6OS. The largest absolute Gasteiger partial charge is 0.445 e. The second kappa shape index (κ2) is 3.94. The van der Waals surface area contributed by atoms with Gasteiger partial charge in [0.05, 0.1) is 11.9 Å². The summed E-state index contributed by atoms with van der Waals surface area (Å²) in [4.78, 5) is 10.9. The van der Waals surface area contributed by atoms with Gasteiger partial charge in [0.2, 0.25) is 10.1 Å². The number of rotatable bonds is 2. The van der Waals surface area contributed by atoms with Crippen molar-refractivity contribution in [3.05, 3.63) is 16.9 Å². The van der Waals surface area contributed by atoms with Crippen LogP contribution in [0.25, 0.3) is 5.13 Å². The molecule has 0 spiro atoms. The lowest BCUT2D eigenvalue weighted by atomic mass is 10.4. The van der Waals surface area contributed by atoms with Crippen LogP contribution in [0.15, 0.2) is 6.20 Å². The Hall–Kier alpha value is -2.17. The van der Waals surface area contributed by atoms with Gasteiger partial charge in [0.25, 0.3) is 5.91 Å². The first-order valence-electron chi connectivity index (χ1n) is 4.35. The van der Waals surface area contributed by atoms with E-state index in [0.29, 0.717) is 0 Å². The first kappa shape index (κ1) is 12.3. The van der Waals surface area contributed by atoms with E-state index in [1.165, 1.54) is 0 Å². The third-order valence-corrected chi connectivity index (χ3v) is 2.79. The van der Waals surface area contributed by atoms with Crippen LogP contribution in [0, 0.1) is 0 Å². The Balaban J connectivity index is 2.41. The van der Waals surface area contributed by atoms with Crippen LogP contribution in [0.4, 0.5) is 18.9 Å². The smallest absolute Gasteiger partial charge is 0.396 e. The zero-order chi connectivity index (χ0) is 13.5. The first-order valence-corrected chi connectivity index (χ1v) is 5.16. The molecule has 96 valence electrons. The molecule has 0 radical (unpaired) electrons. The Morgan fingerprint density at radius 1 is 1.39 bits per heavy atom. The molecule has 0 aliphatic carbocycles. The Kier molecular flexibility index (Phi) is 2.69. The fourth-order valence-corrected chi connectivity index (χ4v) is 1.74. The molecule has 18 heavy (non-hydrogen) atoms. The van der Waals surface area contributed by atoms with Crippen molar-refractivity contribution < 1.29 is 18.0 Å². The maximum atomic E-state index is 12.3. The van der Waals surface area contributed by atoms with Crippen LogP contribution >= 0.6 is 11.3 Å². The van der Waals surface area contributed by atoms with Crippen LogP contribution in [0.1, 0.15) is 15.5 Å². The summed E-state index contributed by atoms with van der Waals surface area (Å²) in [5.74, 6) is -0.883. The first-order chi connectivity index (χ1) is 8.29. The van der Waals surface area contributed by atoms with Gasteiger partial charge in [-0.2, -0.15) is 18.3 Å². The van der Waals surface area contributed by atoms with Gasteiger partial charge >= 0.3 is 6.18 Å². The third kappa shape index (κ3) is 2.11. The van der Waals surface area contributed by atoms with Gasteiger partial charge < -0.3 is 11.5 Å². The molecule has 0 aliphatic heterocycles. The summed E-state index contributed by atoms with van der Waals surface area (Å²) in [6.45, 7) is 0. The van der Waals surface area contributed by atoms with Crippen LogP contribution in [0.2, 0.25) is 0 Å². The van der Waals surface area contributed by atoms with Crippen molar-refractivity contribution in [2.45, 2.75) is 6.18 Å².